The van der Waals surface area contributed by atoms with E-state index in [9.17, 15) is 14.4 Å². The number of aromatic amines is 1. The number of amides is 2. The first-order valence-corrected chi connectivity index (χ1v) is 8.10. The maximum absolute atomic E-state index is 11.6. The molecule has 1 fully saturated rings. The van der Waals surface area contributed by atoms with Gasteiger partial charge in [-0.15, -0.1) is 0 Å². The molecule has 1 aliphatic rings. The first-order valence-electron chi connectivity index (χ1n) is 7.22. The highest BCUT2D eigenvalue weighted by Crippen LogP contribution is 2.26. The van der Waals surface area contributed by atoms with Crippen molar-refractivity contribution in [1.82, 2.24) is 10.3 Å². The number of imide groups is 1. The van der Waals surface area contributed by atoms with Crippen LogP contribution in [0.25, 0.3) is 10.9 Å². The summed E-state index contributed by atoms with van der Waals surface area (Å²) in [5.74, 6) is -0.228. The zero-order valence-electron chi connectivity index (χ0n) is 12.5. The van der Waals surface area contributed by atoms with Crippen LogP contribution in [0, 0.1) is 0 Å². The fraction of sp³-hybridized carbons (Fsp3) is 0.312. The minimum atomic E-state index is -0.348. The summed E-state index contributed by atoms with van der Waals surface area (Å²) < 4.78 is 5.17. The van der Waals surface area contributed by atoms with Crippen molar-refractivity contribution >= 4 is 33.8 Å². The standard InChI is InChI=1S/C16H16N2O4S/c1-22-8-10-3-2-9(11-5-7-13(19)17-14(10)11)4-6-12-15(20)18-16(21)23-12/h2-3,5,7,12H,4,6,8H2,1H3,(H,17,19)(H,18,20,21). The monoisotopic (exact) mass is 332 g/mol. The van der Waals surface area contributed by atoms with Gasteiger partial charge in [0.2, 0.25) is 11.5 Å². The zero-order chi connectivity index (χ0) is 16.4. The number of carbonyl (C=O) groups excluding carboxylic acids is 2. The van der Waals surface area contributed by atoms with Crippen LogP contribution in [-0.4, -0.2) is 28.5 Å². The second-order valence-corrected chi connectivity index (χ2v) is 6.53. The maximum Gasteiger partial charge on any atom is 0.286 e. The Morgan fingerprint density at radius 1 is 1.13 bits per heavy atom. The van der Waals surface area contributed by atoms with Crippen molar-refractivity contribution in [2.75, 3.05) is 7.11 Å². The summed E-state index contributed by atoms with van der Waals surface area (Å²) in [6, 6.07) is 7.18. The van der Waals surface area contributed by atoms with Crippen molar-refractivity contribution in [3.05, 3.63) is 45.7 Å². The van der Waals surface area contributed by atoms with E-state index < -0.39 is 0 Å². The van der Waals surface area contributed by atoms with Gasteiger partial charge in [0.05, 0.1) is 17.4 Å². The van der Waals surface area contributed by atoms with Gasteiger partial charge in [-0.3, -0.25) is 19.7 Å². The molecule has 1 unspecified atom stereocenters. The number of H-pyrrole nitrogens is 1. The van der Waals surface area contributed by atoms with E-state index >= 15 is 0 Å². The average Bonchev–Trinajstić information content (AvgIpc) is 2.84. The van der Waals surface area contributed by atoms with Crippen LogP contribution in [0.15, 0.2) is 29.1 Å². The SMILES string of the molecule is COCc1ccc(CCC2SC(=O)NC2=O)c2ccc(=O)[nH]c12. The molecule has 1 atom stereocenters. The molecule has 0 spiro atoms. The van der Waals surface area contributed by atoms with E-state index in [4.69, 9.17) is 4.74 Å². The molecule has 2 N–H and O–H groups in total. The Morgan fingerprint density at radius 3 is 2.61 bits per heavy atom. The van der Waals surface area contributed by atoms with Crippen molar-refractivity contribution in [3.63, 3.8) is 0 Å². The Labute approximate surface area is 136 Å². The molecule has 120 valence electrons. The zero-order valence-corrected chi connectivity index (χ0v) is 13.4. The number of aryl methyl sites for hydroxylation is 1. The fourth-order valence-electron chi connectivity index (χ4n) is 2.73. The lowest BCUT2D eigenvalue weighted by molar-refractivity contribution is -0.119. The van der Waals surface area contributed by atoms with Gasteiger partial charge < -0.3 is 9.72 Å². The summed E-state index contributed by atoms with van der Waals surface area (Å²) in [4.78, 5) is 37.3. The molecular weight excluding hydrogens is 316 g/mol. The van der Waals surface area contributed by atoms with Gasteiger partial charge in [-0.25, -0.2) is 0 Å². The molecule has 2 amide bonds. The van der Waals surface area contributed by atoms with E-state index in [2.05, 4.69) is 10.3 Å². The Balaban J connectivity index is 1.89. The number of fused-ring (bicyclic) bond motifs is 1. The maximum atomic E-state index is 11.6. The lowest BCUT2D eigenvalue weighted by Crippen LogP contribution is -2.24. The lowest BCUT2D eigenvalue weighted by atomic mass is 9.99. The molecule has 2 aromatic rings. The van der Waals surface area contributed by atoms with E-state index in [1.807, 2.05) is 12.1 Å². The quantitative estimate of drug-likeness (QED) is 0.874. The molecule has 0 radical (unpaired) electrons. The number of benzene rings is 1. The van der Waals surface area contributed by atoms with Crippen LogP contribution in [0.1, 0.15) is 17.5 Å². The van der Waals surface area contributed by atoms with Gasteiger partial charge in [-0.1, -0.05) is 23.9 Å². The Bertz CT molecular complexity index is 830. The second kappa shape index (κ2) is 6.55. The summed E-state index contributed by atoms with van der Waals surface area (Å²) in [6.45, 7) is 0.409. The highest BCUT2D eigenvalue weighted by molar-refractivity contribution is 8.15. The number of methoxy groups -OCH3 is 1. The third-order valence-corrected chi connectivity index (χ3v) is 4.86. The van der Waals surface area contributed by atoms with Crippen LogP contribution in [0.2, 0.25) is 0 Å². The van der Waals surface area contributed by atoms with E-state index in [1.165, 1.54) is 6.07 Å². The molecule has 23 heavy (non-hydrogen) atoms. The predicted molar refractivity (Wildman–Crippen MR) is 88.5 cm³/mol. The smallest absolute Gasteiger partial charge is 0.286 e. The topological polar surface area (TPSA) is 88.3 Å². The highest BCUT2D eigenvalue weighted by atomic mass is 32.2. The third kappa shape index (κ3) is 3.30. The molecule has 0 bridgehead atoms. The molecule has 7 heteroatoms. The van der Waals surface area contributed by atoms with Crippen LogP contribution in [0.5, 0.6) is 0 Å². The molecule has 1 aromatic carbocycles. The number of thioether (sulfide) groups is 1. The Hall–Kier alpha value is -2.12. The van der Waals surface area contributed by atoms with Crippen LogP contribution >= 0.6 is 11.8 Å². The van der Waals surface area contributed by atoms with Crippen molar-refractivity contribution in [2.45, 2.75) is 24.7 Å². The molecule has 2 heterocycles. The first-order chi connectivity index (χ1) is 11.1. The molecule has 0 saturated carbocycles. The molecule has 1 saturated heterocycles. The highest BCUT2D eigenvalue weighted by Gasteiger charge is 2.31. The molecular formula is C16H16N2O4S. The number of ether oxygens (including phenoxy) is 1. The normalized spacial score (nSPS) is 17.7. The third-order valence-electron chi connectivity index (χ3n) is 3.81. The van der Waals surface area contributed by atoms with E-state index in [0.717, 1.165) is 33.8 Å². The minimum Gasteiger partial charge on any atom is -0.380 e. The van der Waals surface area contributed by atoms with Gasteiger partial charge >= 0.3 is 0 Å². The summed E-state index contributed by atoms with van der Waals surface area (Å²) in [5, 5.41) is 2.60. The van der Waals surface area contributed by atoms with E-state index in [0.29, 0.717) is 19.4 Å². The van der Waals surface area contributed by atoms with E-state index in [-0.39, 0.29) is 22.0 Å². The van der Waals surface area contributed by atoms with Crippen LogP contribution < -0.4 is 10.9 Å². The van der Waals surface area contributed by atoms with Gasteiger partial charge in [-0.2, -0.15) is 0 Å². The number of rotatable bonds is 5. The van der Waals surface area contributed by atoms with Gasteiger partial charge in [0.25, 0.3) is 5.24 Å². The van der Waals surface area contributed by atoms with Crippen molar-refractivity contribution in [2.24, 2.45) is 0 Å². The second-order valence-electron chi connectivity index (χ2n) is 5.35. The number of aromatic nitrogens is 1. The number of nitrogens with one attached hydrogen (secondary N) is 2. The van der Waals surface area contributed by atoms with Crippen LogP contribution in [0.4, 0.5) is 4.79 Å². The average molecular weight is 332 g/mol. The van der Waals surface area contributed by atoms with Crippen molar-refractivity contribution in [1.29, 1.82) is 0 Å². The van der Waals surface area contributed by atoms with Crippen LogP contribution in [0.3, 0.4) is 0 Å². The van der Waals surface area contributed by atoms with Gasteiger partial charge in [-0.05, 0) is 24.5 Å². The number of hydrogen-bond donors (Lipinski definition) is 2. The summed E-state index contributed by atoms with van der Waals surface area (Å²) >= 11 is 1.03. The van der Waals surface area contributed by atoms with Crippen LogP contribution in [-0.2, 0) is 22.6 Å². The summed E-state index contributed by atoms with van der Waals surface area (Å²) in [6.07, 6.45) is 1.22. The molecule has 0 aliphatic carbocycles. The molecule has 6 nitrogen and oxygen atoms in total. The number of carbonyl (C=O) groups is 2. The summed E-state index contributed by atoms with van der Waals surface area (Å²) in [5.41, 5.74) is 2.54. The molecule has 1 aromatic heterocycles. The Kier molecular flexibility index (Phi) is 4.49. The van der Waals surface area contributed by atoms with E-state index in [1.54, 1.807) is 13.2 Å². The summed E-state index contributed by atoms with van der Waals surface area (Å²) in [7, 11) is 1.60. The number of pyridine rings is 1. The molecule has 1 aliphatic heterocycles. The number of hydrogen-bond acceptors (Lipinski definition) is 5. The predicted octanol–water partition coefficient (Wildman–Crippen LogP) is 1.96. The van der Waals surface area contributed by atoms with Gasteiger partial charge in [0.1, 0.15) is 0 Å². The van der Waals surface area contributed by atoms with Gasteiger partial charge in [0.15, 0.2) is 0 Å². The Morgan fingerprint density at radius 2 is 1.91 bits per heavy atom. The lowest BCUT2D eigenvalue weighted by Gasteiger charge is -2.11. The fourth-order valence-corrected chi connectivity index (χ4v) is 3.55. The minimum absolute atomic E-state index is 0.164. The van der Waals surface area contributed by atoms with Crippen molar-refractivity contribution < 1.29 is 14.3 Å². The molecule has 3 rings (SSSR count). The first kappa shape index (κ1) is 15.8. The van der Waals surface area contributed by atoms with Crippen molar-refractivity contribution in [3.8, 4) is 0 Å². The van der Waals surface area contributed by atoms with Gasteiger partial charge in [0, 0.05) is 24.1 Å². The largest absolute Gasteiger partial charge is 0.380 e.